The molecule has 1 aliphatic rings. The first-order valence-corrected chi connectivity index (χ1v) is 23.9. The Labute approximate surface area is 319 Å². The molecule has 300 valence electrons. The van der Waals surface area contributed by atoms with Crippen molar-refractivity contribution in [2.45, 2.75) is 129 Å². The van der Waals surface area contributed by atoms with Crippen molar-refractivity contribution in [3.63, 3.8) is 0 Å². The summed E-state index contributed by atoms with van der Waals surface area (Å²) in [7, 11) is -1.54. The Bertz CT molecular complexity index is 1820. The topological polar surface area (TPSA) is 182 Å². The fourth-order valence-electron chi connectivity index (χ4n) is 5.07. The van der Waals surface area contributed by atoms with Gasteiger partial charge in [0.15, 0.2) is 28.1 Å². The fraction of sp³-hybridized carbons (Fsp3) is 0.649. The van der Waals surface area contributed by atoms with E-state index in [1.807, 2.05) is 0 Å². The second-order valence-electron chi connectivity index (χ2n) is 16.4. The molecule has 0 spiro atoms. The summed E-state index contributed by atoms with van der Waals surface area (Å²) in [6.45, 7) is 22.1. The molecule has 15 nitrogen and oxygen atoms in total. The maximum absolute atomic E-state index is 13.1. The number of H-pyrrole nitrogens is 1. The van der Waals surface area contributed by atoms with Gasteiger partial charge in [-0.2, -0.15) is 0 Å². The molecule has 2 heterocycles. The molecular formula is C37H58N4O11Si2. The van der Waals surface area contributed by atoms with Crippen LogP contribution in [0.4, 0.5) is 10.5 Å². The molecule has 0 unspecified atom stereocenters. The van der Waals surface area contributed by atoms with Crippen LogP contribution < -0.4 is 26.0 Å². The molecule has 1 fully saturated rings. The molecule has 0 radical (unpaired) electrons. The number of methoxy groups -OCH3 is 2. The van der Waals surface area contributed by atoms with Gasteiger partial charge in [-0.15, -0.1) is 0 Å². The van der Waals surface area contributed by atoms with Crippen molar-refractivity contribution in [1.82, 2.24) is 14.9 Å². The smallest absolute Gasteiger partial charge is 0.407 e. The van der Waals surface area contributed by atoms with Gasteiger partial charge in [0.05, 0.1) is 43.5 Å². The second kappa shape index (κ2) is 18.1. The van der Waals surface area contributed by atoms with Crippen LogP contribution in [-0.4, -0.2) is 76.8 Å². The van der Waals surface area contributed by atoms with E-state index in [-0.39, 0.29) is 57.6 Å². The van der Waals surface area contributed by atoms with E-state index in [0.29, 0.717) is 32.3 Å². The van der Waals surface area contributed by atoms with Crippen LogP contribution >= 0.6 is 0 Å². The lowest BCUT2D eigenvalue weighted by Crippen LogP contribution is -2.48. The average molecular weight is 791 g/mol. The van der Waals surface area contributed by atoms with Crippen LogP contribution in [0.1, 0.15) is 84.6 Å². The normalized spacial score (nSPS) is 17.7. The van der Waals surface area contributed by atoms with Gasteiger partial charge in [-0.1, -0.05) is 53.4 Å². The zero-order valence-electron chi connectivity index (χ0n) is 33.8. The van der Waals surface area contributed by atoms with E-state index >= 15 is 0 Å². The van der Waals surface area contributed by atoms with Crippen molar-refractivity contribution >= 4 is 28.4 Å². The third-order valence-corrected chi connectivity index (χ3v) is 19.5. The van der Waals surface area contributed by atoms with Crippen LogP contribution in [-0.2, 0) is 24.9 Å². The Kier molecular flexibility index (Phi) is 14.9. The summed E-state index contributed by atoms with van der Waals surface area (Å²) in [4.78, 5) is 51.3. The zero-order chi connectivity index (χ0) is 40.6. The number of nitro groups is 1. The van der Waals surface area contributed by atoms with E-state index in [1.165, 1.54) is 37.1 Å². The second-order valence-corrected chi connectivity index (χ2v) is 26.0. The van der Waals surface area contributed by atoms with Crippen LogP contribution in [0.5, 0.6) is 11.5 Å². The molecule has 2 N–H and O–H groups in total. The van der Waals surface area contributed by atoms with Crippen molar-refractivity contribution in [3.05, 3.63) is 60.4 Å². The highest BCUT2D eigenvalue weighted by Gasteiger charge is 2.47. The minimum absolute atomic E-state index is 0.00749. The van der Waals surface area contributed by atoms with E-state index in [2.05, 4.69) is 89.9 Å². The standard InChI is InChI=1S/C37H58N4O11Si2/c1-36(2,3)53(9,10)50-24-31-30(52-54(11,12)37(4,5)6)21-32(51-31)40-22-25(33(42)39-34(40)43)17-15-13-14-16-18-38-35(44)49-23-26-19-28(47-7)29(48-8)20-27(26)41(45)46/h19-20,22,30-32H,13-14,16,18,21,23-24H2,1-12H3,(H,38,44)(H,39,42,43)/t30-,31+,32+/m0/s1. The first kappa shape index (κ1) is 44.4. The highest BCUT2D eigenvalue weighted by molar-refractivity contribution is 6.74. The number of nitrogens with one attached hydrogen (secondary N) is 2. The van der Waals surface area contributed by atoms with Gasteiger partial charge in [-0.3, -0.25) is 24.5 Å². The monoisotopic (exact) mass is 790 g/mol. The first-order chi connectivity index (χ1) is 25.0. The Morgan fingerprint density at radius 1 is 1.04 bits per heavy atom. The average Bonchev–Trinajstić information content (AvgIpc) is 3.46. The number of benzene rings is 1. The van der Waals surface area contributed by atoms with E-state index in [4.69, 9.17) is 27.8 Å². The van der Waals surface area contributed by atoms with Gasteiger partial charge in [0.25, 0.3) is 11.2 Å². The van der Waals surface area contributed by atoms with Crippen molar-refractivity contribution < 1.29 is 37.5 Å². The molecule has 3 atom stereocenters. The molecule has 1 aromatic heterocycles. The predicted octanol–water partition coefficient (Wildman–Crippen LogP) is 6.61. The van der Waals surface area contributed by atoms with Gasteiger partial charge >= 0.3 is 11.8 Å². The van der Waals surface area contributed by atoms with E-state index in [9.17, 15) is 24.5 Å². The summed E-state index contributed by atoms with van der Waals surface area (Å²) in [6.07, 6.45) is 1.31. The van der Waals surface area contributed by atoms with Gasteiger partial charge in [0.2, 0.25) is 0 Å². The number of nitrogens with zero attached hydrogens (tertiary/aromatic N) is 2. The van der Waals surface area contributed by atoms with Gasteiger partial charge < -0.3 is 33.1 Å². The van der Waals surface area contributed by atoms with Crippen LogP contribution in [0.3, 0.4) is 0 Å². The number of aromatic nitrogens is 2. The summed E-state index contributed by atoms with van der Waals surface area (Å²) in [5, 5.41) is 14.1. The fourth-order valence-corrected chi connectivity index (χ4v) is 7.44. The molecule has 54 heavy (non-hydrogen) atoms. The van der Waals surface area contributed by atoms with E-state index in [1.54, 1.807) is 0 Å². The summed E-state index contributed by atoms with van der Waals surface area (Å²) >= 11 is 0. The summed E-state index contributed by atoms with van der Waals surface area (Å²) < 4.78 is 36.7. The van der Waals surface area contributed by atoms with Crippen LogP contribution in [0, 0.1) is 22.0 Å². The zero-order valence-corrected chi connectivity index (χ0v) is 35.8. The minimum Gasteiger partial charge on any atom is -0.493 e. The molecule has 0 bridgehead atoms. The number of rotatable bonds is 15. The molecule has 1 amide bonds. The molecule has 1 aromatic carbocycles. The van der Waals surface area contributed by atoms with Crippen molar-refractivity contribution in [2.75, 3.05) is 27.4 Å². The molecular weight excluding hydrogens is 733 g/mol. The SMILES string of the molecule is COc1cc(COC(=O)NCCCCC#Cc2cn([C@H]3C[C@H](O[Si](C)(C)C(C)(C)C)[C@@H](CO[Si](C)(C)C(C)(C)C)O3)c(=O)[nH]c2=O)c([N+](=O)[O-])cc1OC. The Morgan fingerprint density at radius 3 is 2.26 bits per heavy atom. The number of nitro benzene ring substituents is 1. The van der Waals surface area contributed by atoms with Crippen molar-refractivity contribution in [3.8, 4) is 23.3 Å². The lowest BCUT2D eigenvalue weighted by Gasteiger charge is -2.40. The molecule has 3 rings (SSSR count). The lowest BCUT2D eigenvalue weighted by atomic mass is 10.1. The van der Waals surface area contributed by atoms with Crippen LogP contribution in [0.15, 0.2) is 27.9 Å². The molecule has 2 aromatic rings. The molecule has 1 aliphatic heterocycles. The highest BCUT2D eigenvalue weighted by Crippen LogP contribution is 2.42. The Balaban J connectivity index is 1.61. The minimum atomic E-state index is -2.21. The van der Waals surface area contributed by atoms with Gasteiger partial charge in [-0.25, -0.2) is 9.59 Å². The first-order valence-electron chi connectivity index (χ1n) is 18.1. The van der Waals surface area contributed by atoms with Crippen molar-refractivity contribution in [1.29, 1.82) is 0 Å². The Morgan fingerprint density at radius 2 is 1.67 bits per heavy atom. The number of hydrogen-bond donors (Lipinski definition) is 2. The van der Waals surface area contributed by atoms with Gasteiger partial charge in [-0.05, 0) is 55.2 Å². The summed E-state index contributed by atoms with van der Waals surface area (Å²) in [6, 6.07) is 2.61. The number of amides is 1. The lowest BCUT2D eigenvalue weighted by molar-refractivity contribution is -0.385. The van der Waals surface area contributed by atoms with Crippen molar-refractivity contribution in [2.24, 2.45) is 0 Å². The quantitative estimate of drug-likeness (QED) is 0.0651. The number of carbonyl (C=O) groups excluding carboxylic acids is 1. The van der Waals surface area contributed by atoms with Crippen LogP contribution in [0.2, 0.25) is 36.3 Å². The number of unbranched alkanes of at least 4 members (excludes halogenated alkanes) is 2. The molecule has 0 saturated carbocycles. The largest absolute Gasteiger partial charge is 0.493 e. The van der Waals surface area contributed by atoms with Gasteiger partial charge in [0, 0.05) is 25.6 Å². The molecule has 1 saturated heterocycles. The predicted molar refractivity (Wildman–Crippen MR) is 210 cm³/mol. The number of ether oxygens (including phenoxy) is 4. The van der Waals surface area contributed by atoms with E-state index < -0.39 is 51.2 Å². The summed E-state index contributed by atoms with van der Waals surface area (Å²) in [5.74, 6) is 6.31. The summed E-state index contributed by atoms with van der Waals surface area (Å²) in [5.41, 5.74) is -1.16. The third kappa shape index (κ3) is 11.5. The Hall–Kier alpha value is -3.96. The highest BCUT2D eigenvalue weighted by atomic mass is 28.4. The van der Waals surface area contributed by atoms with Gasteiger partial charge in [0.1, 0.15) is 24.5 Å². The molecule has 17 heteroatoms. The number of alkyl carbamates (subject to hydrolysis) is 1. The number of carbonyl (C=O) groups is 1. The molecule has 0 aliphatic carbocycles. The maximum atomic E-state index is 13.1. The third-order valence-electron chi connectivity index (χ3n) is 10.5. The van der Waals surface area contributed by atoms with E-state index in [0.717, 1.165) is 0 Å². The van der Waals surface area contributed by atoms with Crippen LogP contribution in [0.25, 0.3) is 0 Å². The number of hydrogen-bond acceptors (Lipinski definition) is 11. The maximum Gasteiger partial charge on any atom is 0.407 e. The number of aromatic amines is 1.